The molecular formula is C10H15NO3. The first kappa shape index (κ1) is 10.5. The van der Waals surface area contributed by atoms with Gasteiger partial charge in [0, 0.05) is 17.3 Å². The first-order valence-electron chi connectivity index (χ1n) is 4.20. The highest BCUT2D eigenvalue weighted by molar-refractivity contribution is 5.66. The van der Waals surface area contributed by atoms with Gasteiger partial charge in [-0.3, -0.25) is 0 Å². The standard InChI is InChI=1S/C10H15NO3/c1-6-7(11)5-8(12-2)10(14-4)9(6)13-3/h5H,11H2,1-4H3. The SMILES string of the molecule is COc1cc(N)c(C)c(OC)c1OC. The van der Waals surface area contributed by atoms with Crippen LogP contribution in [0.2, 0.25) is 0 Å². The van der Waals surface area contributed by atoms with E-state index >= 15 is 0 Å². The Balaban J connectivity index is 3.42. The molecule has 0 saturated carbocycles. The fraction of sp³-hybridized carbons (Fsp3) is 0.400. The number of ether oxygens (including phenoxy) is 3. The Hall–Kier alpha value is -1.58. The van der Waals surface area contributed by atoms with E-state index in [1.54, 1.807) is 27.4 Å². The van der Waals surface area contributed by atoms with Crippen molar-refractivity contribution in [3.63, 3.8) is 0 Å². The third-order valence-corrected chi connectivity index (χ3v) is 2.12. The second-order valence-corrected chi connectivity index (χ2v) is 2.86. The van der Waals surface area contributed by atoms with Crippen molar-refractivity contribution in [3.8, 4) is 17.2 Å². The summed E-state index contributed by atoms with van der Waals surface area (Å²) in [6.07, 6.45) is 0. The van der Waals surface area contributed by atoms with Crippen LogP contribution in [0.15, 0.2) is 6.07 Å². The predicted molar refractivity (Wildman–Crippen MR) is 55.2 cm³/mol. The van der Waals surface area contributed by atoms with Crippen LogP contribution in [0.25, 0.3) is 0 Å². The molecule has 1 aromatic rings. The van der Waals surface area contributed by atoms with Crippen molar-refractivity contribution in [3.05, 3.63) is 11.6 Å². The molecule has 0 aromatic heterocycles. The van der Waals surface area contributed by atoms with E-state index in [9.17, 15) is 0 Å². The number of rotatable bonds is 3. The first-order chi connectivity index (χ1) is 6.65. The van der Waals surface area contributed by atoms with Crippen LogP contribution < -0.4 is 19.9 Å². The average molecular weight is 197 g/mol. The van der Waals surface area contributed by atoms with E-state index in [-0.39, 0.29) is 0 Å². The van der Waals surface area contributed by atoms with Gasteiger partial charge in [-0.25, -0.2) is 0 Å². The van der Waals surface area contributed by atoms with E-state index in [0.717, 1.165) is 5.56 Å². The van der Waals surface area contributed by atoms with Crippen LogP contribution in [-0.2, 0) is 0 Å². The molecule has 0 aliphatic rings. The predicted octanol–water partition coefficient (Wildman–Crippen LogP) is 1.60. The van der Waals surface area contributed by atoms with Crippen LogP contribution >= 0.6 is 0 Å². The summed E-state index contributed by atoms with van der Waals surface area (Å²) >= 11 is 0. The molecule has 0 aliphatic heterocycles. The van der Waals surface area contributed by atoms with E-state index in [2.05, 4.69) is 0 Å². The van der Waals surface area contributed by atoms with Crippen molar-refractivity contribution in [1.82, 2.24) is 0 Å². The average Bonchev–Trinajstić information content (AvgIpc) is 2.20. The summed E-state index contributed by atoms with van der Waals surface area (Å²) in [4.78, 5) is 0. The van der Waals surface area contributed by atoms with E-state index in [4.69, 9.17) is 19.9 Å². The molecule has 0 aliphatic carbocycles. The minimum Gasteiger partial charge on any atom is -0.493 e. The first-order valence-corrected chi connectivity index (χ1v) is 4.20. The van der Waals surface area contributed by atoms with Gasteiger partial charge in [-0.2, -0.15) is 0 Å². The van der Waals surface area contributed by atoms with Crippen LogP contribution in [0.4, 0.5) is 5.69 Å². The number of benzene rings is 1. The maximum absolute atomic E-state index is 5.78. The van der Waals surface area contributed by atoms with Gasteiger partial charge in [-0.15, -0.1) is 0 Å². The summed E-state index contributed by atoms with van der Waals surface area (Å²) in [7, 11) is 4.70. The maximum Gasteiger partial charge on any atom is 0.203 e. The molecule has 2 N–H and O–H groups in total. The highest BCUT2D eigenvalue weighted by Crippen LogP contribution is 2.42. The van der Waals surface area contributed by atoms with Crippen molar-refractivity contribution in [2.75, 3.05) is 27.1 Å². The smallest absolute Gasteiger partial charge is 0.203 e. The zero-order chi connectivity index (χ0) is 10.7. The molecule has 0 amide bonds. The van der Waals surface area contributed by atoms with E-state index in [0.29, 0.717) is 22.9 Å². The highest BCUT2D eigenvalue weighted by Gasteiger charge is 2.15. The summed E-state index contributed by atoms with van der Waals surface area (Å²) in [6.45, 7) is 1.87. The molecule has 0 heterocycles. The number of hydrogen-bond acceptors (Lipinski definition) is 4. The lowest BCUT2D eigenvalue weighted by molar-refractivity contribution is 0.323. The third kappa shape index (κ3) is 1.55. The molecule has 0 fully saturated rings. The normalized spacial score (nSPS) is 9.71. The lowest BCUT2D eigenvalue weighted by Gasteiger charge is -2.15. The molecule has 0 spiro atoms. The second kappa shape index (κ2) is 4.09. The molecule has 1 aromatic carbocycles. The Morgan fingerprint density at radius 1 is 1.00 bits per heavy atom. The molecule has 4 nitrogen and oxygen atoms in total. The van der Waals surface area contributed by atoms with Gasteiger partial charge in [-0.1, -0.05) is 0 Å². The number of nitrogens with two attached hydrogens (primary N) is 1. The number of methoxy groups -OCH3 is 3. The fourth-order valence-electron chi connectivity index (χ4n) is 1.32. The quantitative estimate of drug-likeness (QED) is 0.748. The van der Waals surface area contributed by atoms with Crippen molar-refractivity contribution < 1.29 is 14.2 Å². The van der Waals surface area contributed by atoms with Crippen LogP contribution in [0.3, 0.4) is 0 Å². The largest absolute Gasteiger partial charge is 0.493 e. The van der Waals surface area contributed by atoms with Gasteiger partial charge in [0.2, 0.25) is 5.75 Å². The summed E-state index contributed by atoms with van der Waals surface area (Å²) in [6, 6.07) is 1.72. The minimum atomic E-state index is 0.571. The number of nitrogen functional groups attached to an aromatic ring is 1. The molecule has 1 rings (SSSR count). The van der Waals surface area contributed by atoms with Crippen LogP contribution in [0.1, 0.15) is 5.56 Å². The summed E-state index contributed by atoms with van der Waals surface area (Å²) in [5.41, 5.74) is 7.26. The maximum atomic E-state index is 5.78. The van der Waals surface area contributed by atoms with Crippen molar-refractivity contribution in [2.45, 2.75) is 6.92 Å². The van der Waals surface area contributed by atoms with Gasteiger partial charge in [0.25, 0.3) is 0 Å². The molecule has 4 heteroatoms. The van der Waals surface area contributed by atoms with Crippen LogP contribution in [0, 0.1) is 6.92 Å². The van der Waals surface area contributed by atoms with Gasteiger partial charge in [0.1, 0.15) is 0 Å². The van der Waals surface area contributed by atoms with Crippen molar-refractivity contribution in [2.24, 2.45) is 0 Å². The second-order valence-electron chi connectivity index (χ2n) is 2.86. The fourth-order valence-corrected chi connectivity index (χ4v) is 1.32. The highest BCUT2D eigenvalue weighted by atomic mass is 16.5. The Kier molecular flexibility index (Phi) is 3.06. The summed E-state index contributed by atoms with van der Waals surface area (Å²) in [5.74, 6) is 1.76. The lowest BCUT2D eigenvalue weighted by Crippen LogP contribution is -2.00. The molecule has 0 unspecified atom stereocenters. The summed E-state index contributed by atoms with van der Waals surface area (Å²) in [5, 5.41) is 0. The Bertz CT molecular complexity index is 337. The zero-order valence-electron chi connectivity index (χ0n) is 8.88. The van der Waals surface area contributed by atoms with Gasteiger partial charge < -0.3 is 19.9 Å². The Labute approximate surface area is 83.6 Å². The van der Waals surface area contributed by atoms with Gasteiger partial charge in [0.15, 0.2) is 11.5 Å². The monoisotopic (exact) mass is 197 g/mol. The molecule has 14 heavy (non-hydrogen) atoms. The van der Waals surface area contributed by atoms with Crippen molar-refractivity contribution >= 4 is 5.69 Å². The minimum absolute atomic E-state index is 0.571. The number of hydrogen-bond donors (Lipinski definition) is 1. The Morgan fingerprint density at radius 2 is 1.57 bits per heavy atom. The van der Waals surface area contributed by atoms with Gasteiger partial charge in [-0.05, 0) is 6.92 Å². The van der Waals surface area contributed by atoms with E-state index in [1.165, 1.54) is 0 Å². The van der Waals surface area contributed by atoms with E-state index < -0.39 is 0 Å². The molecule has 78 valence electrons. The molecule has 0 radical (unpaired) electrons. The molecular weight excluding hydrogens is 182 g/mol. The molecule has 0 atom stereocenters. The molecule has 0 saturated heterocycles. The third-order valence-electron chi connectivity index (χ3n) is 2.12. The van der Waals surface area contributed by atoms with Gasteiger partial charge >= 0.3 is 0 Å². The van der Waals surface area contributed by atoms with Crippen LogP contribution in [-0.4, -0.2) is 21.3 Å². The molecule has 0 bridgehead atoms. The van der Waals surface area contributed by atoms with Gasteiger partial charge in [0.05, 0.1) is 21.3 Å². The summed E-state index contributed by atoms with van der Waals surface area (Å²) < 4.78 is 15.5. The lowest BCUT2D eigenvalue weighted by atomic mass is 10.1. The topological polar surface area (TPSA) is 53.7 Å². The van der Waals surface area contributed by atoms with Crippen LogP contribution in [0.5, 0.6) is 17.2 Å². The number of anilines is 1. The van der Waals surface area contributed by atoms with Crippen molar-refractivity contribution in [1.29, 1.82) is 0 Å². The zero-order valence-corrected chi connectivity index (χ0v) is 8.88. The van der Waals surface area contributed by atoms with E-state index in [1.807, 2.05) is 6.92 Å². The Morgan fingerprint density at radius 3 is 2.00 bits per heavy atom.